The van der Waals surface area contributed by atoms with E-state index in [1.807, 2.05) is 18.2 Å². The van der Waals surface area contributed by atoms with Crippen LogP contribution in [-0.4, -0.2) is 34.9 Å². The SMILES string of the molecule is COc1cc(/C=C2/SC(=S)N(NC(=O)c3ccccc3)C2=O)ccc1OCCC(C)C. The fourth-order valence-electron chi connectivity index (χ4n) is 2.77. The lowest BCUT2D eigenvalue weighted by atomic mass is 10.1. The van der Waals surface area contributed by atoms with Gasteiger partial charge in [0.25, 0.3) is 11.8 Å². The van der Waals surface area contributed by atoms with E-state index in [1.165, 1.54) is 0 Å². The number of hydrogen-bond acceptors (Lipinski definition) is 6. The van der Waals surface area contributed by atoms with Gasteiger partial charge in [-0.25, -0.2) is 0 Å². The molecule has 8 heteroatoms. The summed E-state index contributed by atoms with van der Waals surface area (Å²) in [7, 11) is 1.58. The highest BCUT2D eigenvalue weighted by Gasteiger charge is 2.33. The van der Waals surface area contributed by atoms with E-state index in [4.69, 9.17) is 21.7 Å². The molecule has 2 aromatic carbocycles. The number of carbonyl (C=O) groups excluding carboxylic acids is 2. The summed E-state index contributed by atoms with van der Waals surface area (Å²) in [6.07, 6.45) is 2.66. The zero-order valence-electron chi connectivity index (χ0n) is 17.6. The van der Waals surface area contributed by atoms with Gasteiger partial charge in [-0.15, -0.1) is 0 Å². The van der Waals surface area contributed by atoms with Crippen molar-refractivity contribution < 1.29 is 19.1 Å². The molecule has 0 aliphatic carbocycles. The maximum absolute atomic E-state index is 12.8. The Labute approximate surface area is 191 Å². The molecule has 0 saturated carbocycles. The van der Waals surface area contributed by atoms with E-state index in [-0.39, 0.29) is 10.2 Å². The van der Waals surface area contributed by atoms with Gasteiger partial charge in [0.1, 0.15) is 0 Å². The maximum Gasteiger partial charge on any atom is 0.285 e. The molecule has 0 bridgehead atoms. The fraction of sp³-hybridized carbons (Fsp3) is 0.261. The van der Waals surface area contributed by atoms with Crippen molar-refractivity contribution in [2.45, 2.75) is 20.3 Å². The van der Waals surface area contributed by atoms with E-state index in [1.54, 1.807) is 43.5 Å². The zero-order valence-corrected chi connectivity index (χ0v) is 19.2. The second-order valence-electron chi connectivity index (χ2n) is 7.27. The highest BCUT2D eigenvalue weighted by Crippen LogP contribution is 2.34. The number of nitrogens with one attached hydrogen (secondary N) is 1. The maximum atomic E-state index is 12.8. The summed E-state index contributed by atoms with van der Waals surface area (Å²) in [6.45, 7) is 4.89. The molecule has 3 rings (SSSR count). The van der Waals surface area contributed by atoms with Crippen LogP contribution in [0.25, 0.3) is 6.08 Å². The lowest BCUT2D eigenvalue weighted by molar-refractivity contribution is -0.123. The summed E-state index contributed by atoms with van der Waals surface area (Å²) in [4.78, 5) is 25.6. The van der Waals surface area contributed by atoms with Crippen molar-refractivity contribution in [3.05, 3.63) is 64.6 Å². The standard InChI is InChI=1S/C23H24N2O4S2/c1-15(2)11-12-29-18-10-9-16(13-19(18)28-3)14-20-22(27)25(23(30)31-20)24-21(26)17-7-5-4-6-8-17/h4-10,13-15H,11-12H2,1-3H3,(H,24,26)/b20-14+. The molecule has 0 atom stereocenters. The smallest absolute Gasteiger partial charge is 0.285 e. The number of thiocarbonyl (C=S) groups is 1. The van der Waals surface area contributed by atoms with E-state index in [0.717, 1.165) is 28.8 Å². The molecule has 6 nitrogen and oxygen atoms in total. The summed E-state index contributed by atoms with van der Waals surface area (Å²) in [5.41, 5.74) is 3.78. The quantitative estimate of drug-likeness (QED) is 0.460. The number of thioether (sulfide) groups is 1. The Hall–Kier alpha value is -2.84. The van der Waals surface area contributed by atoms with Crippen molar-refractivity contribution in [3.63, 3.8) is 0 Å². The van der Waals surface area contributed by atoms with Gasteiger partial charge in [-0.2, -0.15) is 5.01 Å². The summed E-state index contributed by atoms with van der Waals surface area (Å²) >= 11 is 6.42. The van der Waals surface area contributed by atoms with E-state index in [9.17, 15) is 9.59 Å². The largest absolute Gasteiger partial charge is 0.493 e. The number of ether oxygens (including phenoxy) is 2. The summed E-state index contributed by atoms with van der Waals surface area (Å²) in [5.74, 6) is 1.01. The summed E-state index contributed by atoms with van der Waals surface area (Å²) in [5, 5.41) is 1.10. The van der Waals surface area contributed by atoms with E-state index >= 15 is 0 Å². The molecule has 1 saturated heterocycles. The summed E-state index contributed by atoms with van der Waals surface area (Å²) < 4.78 is 11.5. The first-order chi connectivity index (χ1) is 14.9. The van der Waals surface area contributed by atoms with Crippen molar-refractivity contribution in [1.82, 2.24) is 10.4 Å². The van der Waals surface area contributed by atoms with E-state index in [0.29, 0.717) is 34.5 Å². The normalized spacial score (nSPS) is 15.0. The van der Waals surface area contributed by atoms with Crippen LogP contribution in [0.1, 0.15) is 36.2 Å². The number of hydrogen-bond donors (Lipinski definition) is 1. The molecule has 0 aromatic heterocycles. The van der Waals surface area contributed by atoms with Gasteiger partial charge in [0, 0.05) is 5.56 Å². The van der Waals surface area contributed by atoms with Crippen LogP contribution in [0.4, 0.5) is 0 Å². The lowest BCUT2D eigenvalue weighted by Gasteiger charge is -2.15. The van der Waals surface area contributed by atoms with Crippen LogP contribution in [-0.2, 0) is 4.79 Å². The third-order valence-corrected chi connectivity index (χ3v) is 5.78. The minimum atomic E-state index is -0.400. The zero-order chi connectivity index (χ0) is 22.4. The molecule has 1 heterocycles. The average molecular weight is 457 g/mol. The molecule has 2 amide bonds. The molecular formula is C23H24N2O4S2. The molecule has 1 fully saturated rings. The van der Waals surface area contributed by atoms with Crippen LogP contribution >= 0.6 is 24.0 Å². The Morgan fingerprint density at radius 1 is 1.19 bits per heavy atom. The molecule has 1 aliphatic heterocycles. The number of benzene rings is 2. The second-order valence-corrected chi connectivity index (χ2v) is 8.94. The predicted molar refractivity (Wildman–Crippen MR) is 127 cm³/mol. The van der Waals surface area contributed by atoms with Gasteiger partial charge in [0.15, 0.2) is 15.8 Å². The Bertz CT molecular complexity index is 1010. The van der Waals surface area contributed by atoms with Crippen molar-refractivity contribution >= 4 is 46.2 Å². The van der Waals surface area contributed by atoms with Gasteiger partial charge < -0.3 is 9.47 Å². The Balaban J connectivity index is 1.72. The molecule has 31 heavy (non-hydrogen) atoms. The highest BCUT2D eigenvalue weighted by molar-refractivity contribution is 8.26. The van der Waals surface area contributed by atoms with Gasteiger partial charge in [-0.3, -0.25) is 15.0 Å². The van der Waals surface area contributed by atoms with E-state index in [2.05, 4.69) is 19.3 Å². The van der Waals surface area contributed by atoms with Crippen molar-refractivity contribution in [1.29, 1.82) is 0 Å². The van der Waals surface area contributed by atoms with Crippen LogP contribution in [0.15, 0.2) is 53.4 Å². The molecule has 162 valence electrons. The Morgan fingerprint density at radius 2 is 1.94 bits per heavy atom. The highest BCUT2D eigenvalue weighted by atomic mass is 32.2. The average Bonchev–Trinajstić information content (AvgIpc) is 3.02. The van der Waals surface area contributed by atoms with Crippen molar-refractivity contribution in [2.75, 3.05) is 13.7 Å². The molecule has 0 radical (unpaired) electrons. The molecule has 1 aliphatic rings. The van der Waals surface area contributed by atoms with E-state index < -0.39 is 5.91 Å². The number of methoxy groups -OCH3 is 1. The minimum absolute atomic E-state index is 0.265. The molecule has 0 spiro atoms. The van der Waals surface area contributed by atoms with Crippen LogP contribution < -0.4 is 14.9 Å². The third kappa shape index (κ3) is 5.86. The topological polar surface area (TPSA) is 67.9 Å². The van der Waals surface area contributed by atoms with Crippen LogP contribution in [0.2, 0.25) is 0 Å². The minimum Gasteiger partial charge on any atom is -0.493 e. The molecular weight excluding hydrogens is 432 g/mol. The summed E-state index contributed by atoms with van der Waals surface area (Å²) in [6, 6.07) is 14.1. The predicted octanol–water partition coefficient (Wildman–Crippen LogP) is 4.67. The van der Waals surface area contributed by atoms with Gasteiger partial charge in [0.05, 0.1) is 18.6 Å². The molecule has 0 unspecified atom stereocenters. The first-order valence-corrected chi connectivity index (χ1v) is 11.1. The fourth-order valence-corrected chi connectivity index (χ4v) is 3.95. The number of hydrazine groups is 1. The number of rotatable bonds is 8. The van der Waals surface area contributed by atoms with Crippen molar-refractivity contribution in [2.24, 2.45) is 5.92 Å². The molecule has 2 aromatic rings. The first-order valence-electron chi connectivity index (χ1n) is 9.84. The molecule has 1 N–H and O–H groups in total. The number of carbonyl (C=O) groups is 2. The van der Waals surface area contributed by atoms with Gasteiger partial charge in [-0.1, -0.05) is 49.9 Å². The van der Waals surface area contributed by atoms with Crippen LogP contribution in [0.5, 0.6) is 11.5 Å². The Morgan fingerprint density at radius 3 is 2.61 bits per heavy atom. The first kappa shape index (κ1) is 22.8. The number of nitrogens with zero attached hydrogens (tertiary/aromatic N) is 1. The second kappa shape index (κ2) is 10.5. The third-order valence-electron chi connectivity index (χ3n) is 4.48. The van der Waals surface area contributed by atoms with Gasteiger partial charge in [0.2, 0.25) is 0 Å². The Kier molecular flexibility index (Phi) is 7.70. The van der Waals surface area contributed by atoms with Crippen LogP contribution in [0, 0.1) is 5.92 Å². The van der Waals surface area contributed by atoms with Gasteiger partial charge >= 0.3 is 0 Å². The van der Waals surface area contributed by atoms with Crippen molar-refractivity contribution in [3.8, 4) is 11.5 Å². The monoisotopic (exact) mass is 456 g/mol. The van der Waals surface area contributed by atoms with Gasteiger partial charge in [-0.05, 0) is 60.5 Å². The lowest BCUT2D eigenvalue weighted by Crippen LogP contribution is -2.44. The number of amides is 2. The van der Waals surface area contributed by atoms with Crippen LogP contribution in [0.3, 0.4) is 0 Å².